The predicted molar refractivity (Wildman–Crippen MR) is 103 cm³/mol. The molecule has 0 unspecified atom stereocenters. The molecule has 1 amide bonds. The van der Waals surface area contributed by atoms with Gasteiger partial charge in [0, 0.05) is 16.7 Å². The van der Waals surface area contributed by atoms with Crippen molar-refractivity contribution < 1.29 is 17.6 Å². The van der Waals surface area contributed by atoms with E-state index in [4.69, 9.17) is 4.42 Å². The lowest BCUT2D eigenvalue weighted by molar-refractivity contribution is 0.102. The number of aromatic nitrogens is 2. The highest BCUT2D eigenvalue weighted by atomic mass is 32.2. The van der Waals surface area contributed by atoms with Gasteiger partial charge in [0.05, 0.1) is 11.3 Å². The van der Waals surface area contributed by atoms with Crippen LogP contribution in [0.4, 0.5) is 6.01 Å². The number of sulfone groups is 1. The van der Waals surface area contributed by atoms with Crippen molar-refractivity contribution in [1.29, 1.82) is 0 Å². The Labute approximate surface area is 161 Å². The number of thioether (sulfide) groups is 1. The van der Waals surface area contributed by atoms with Crippen LogP contribution in [0.5, 0.6) is 0 Å². The summed E-state index contributed by atoms with van der Waals surface area (Å²) < 4.78 is 28.4. The Morgan fingerprint density at radius 3 is 2.33 bits per heavy atom. The van der Waals surface area contributed by atoms with Crippen LogP contribution in [0.3, 0.4) is 0 Å². The lowest BCUT2D eigenvalue weighted by Crippen LogP contribution is -2.12. The zero-order chi connectivity index (χ0) is 19.4. The van der Waals surface area contributed by atoms with Crippen LogP contribution in [0.25, 0.3) is 0 Å². The first-order chi connectivity index (χ1) is 12.8. The monoisotopic (exact) mass is 403 g/mol. The summed E-state index contributed by atoms with van der Waals surface area (Å²) in [6, 6.07) is 13.6. The van der Waals surface area contributed by atoms with Crippen LogP contribution in [-0.2, 0) is 16.3 Å². The summed E-state index contributed by atoms with van der Waals surface area (Å²) >= 11 is 1.66. The fourth-order valence-electron chi connectivity index (χ4n) is 2.32. The quantitative estimate of drug-likeness (QED) is 0.631. The molecule has 3 rings (SSSR count). The second-order valence-corrected chi connectivity index (χ2v) is 8.67. The number of benzene rings is 2. The van der Waals surface area contributed by atoms with E-state index in [-0.39, 0.29) is 16.5 Å². The third-order valence-corrected chi connectivity index (χ3v) is 5.62. The van der Waals surface area contributed by atoms with Gasteiger partial charge in [-0.1, -0.05) is 17.2 Å². The molecule has 9 heteroatoms. The van der Waals surface area contributed by atoms with E-state index >= 15 is 0 Å². The van der Waals surface area contributed by atoms with Crippen molar-refractivity contribution in [3.05, 3.63) is 65.5 Å². The molecule has 0 bridgehead atoms. The maximum absolute atomic E-state index is 12.2. The van der Waals surface area contributed by atoms with E-state index in [9.17, 15) is 13.2 Å². The van der Waals surface area contributed by atoms with Crippen LogP contribution in [0.2, 0.25) is 0 Å². The zero-order valence-corrected chi connectivity index (χ0v) is 16.3. The Morgan fingerprint density at radius 1 is 1.07 bits per heavy atom. The van der Waals surface area contributed by atoms with Crippen molar-refractivity contribution in [2.75, 3.05) is 17.8 Å². The Kier molecular flexibility index (Phi) is 5.62. The minimum Gasteiger partial charge on any atom is -0.407 e. The molecule has 0 saturated carbocycles. The summed E-state index contributed by atoms with van der Waals surface area (Å²) in [5.41, 5.74) is 1.31. The highest BCUT2D eigenvalue weighted by molar-refractivity contribution is 7.98. The van der Waals surface area contributed by atoms with Crippen molar-refractivity contribution in [3.63, 3.8) is 0 Å². The molecule has 0 aliphatic rings. The van der Waals surface area contributed by atoms with Gasteiger partial charge >= 0.3 is 6.01 Å². The molecule has 7 nitrogen and oxygen atoms in total. The minimum absolute atomic E-state index is 0.0112. The molecule has 0 aliphatic heterocycles. The van der Waals surface area contributed by atoms with Gasteiger partial charge in [-0.25, -0.2) is 8.42 Å². The molecule has 0 aliphatic carbocycles. The number of nitrogens with zero attached hydrogens (tertiary/aromatic N) is 2. The fourth-order valence-corrected chi connectivity index (χ4v) is 3.36. The largest absolute Gasteiger partial charge is 0.407 e. The maximum Gasteiger partial charge on any atom is 0.322 e. The molecular formula is C18H17N3O4S2. The molecular weight excluding hydrogens is 386 g/mol. The van der Waals surface area contributed by atoms with Gasteiger partial charge in [-0.05, 0) is 48.2 Å². The van der Waals surface area contributed by atoms with E-state index in [0.717, 1.165) is 11.8 Å². The van der Waals surface area contributed by atoms with Crippen LogP contribution < -0.4 is 5.32 Å². The van der Waals surface area contributed by atoms with Crippen LogP contribution in [0.1, 0.15) is 21.8 Å². The molecule has 0 fully saturated rings. The number of carbonyl (C=O) groups excluding carboxylic acids is 1. The molecule has 1 heterocycles. The Bertz CT molecular complexity index is 1040. The van der Waals surface area contributed by atoms with Gasteiger partial charge in [-0.2, -0.15) is 0 Å². The van der Waals surface area contributed by atoms with Crippen molar-refractivity contribution in [1.82, 2.24) is 10.2 Å². The van der Waals surface area contributed by atoms with Gasteiger partial charge in [0.25, 0.3) is 5.91 Å². The lowest BCUT2D eigenvalue weighted by atomic mass is 10.1. The second kappa shape index (κ2) is 7.93. The average molecular weight is 403 g/mol. The number of carbonyl (C=O) groups is 1. The topological polar surface area (TPSA) is 102 Å². The van der Waals surface area contributed by atoms with Crippen LogP contribution in [-0.4, -0.2) is 37.0 Å². The van der Waals surface area contributed by atoms with Crippen LogP contribution in [0, 0.1) is 0 Å². The molecule has 2 aromatic carbocycles. The minimum atomic E-state index is -3.31. The molecule has 0 spiro atoms. The Hall–Kier alpha value is -2.65. The van der Waals surface area contributed by atoms with Crippen molar-refractivity contribution in [3.8, 4) is 0 Å². The summed E-state index contributed by atoms with van der Waals surface area (Å²) in [7, 11) is -3.31. The number of hydrogen-bond acceptors (Lipinski definition) is 7. The first kappa shape index (κ1) is 19.1. The number of anilines is 1. The average Bonchev–Trinajstić information content (AvgIpc) is 3.08. The molecule has 1 N–H and O–H groups in total. The normalized spacial score (nSPS) is 11.3. The molecule has 27 heavy (non-hydrogen) atoms. The van der Waals surface area contributed by atoms with Gasteiger partial charge < -0.3 is 4.42 Å². The molecule has 0 radical (unpaired) electrons. The third-order valence-electron chi connectivity index (χ3n) is 3.75. The van der Waals surface area contributed by atoms with Gasteiger partial charge in [-0.15, -0.1) is 16.9 Å². The maximum atomic E-state index is 12.2. The van der Waals surface area contributed by atoms with E-state index in [1.54, 1.807) is 11.8 Å². The number of rotatable bonds is 6. The highest BCUT2D eigenvalue weighted by Crippen LogP contribution is 2.18. The summed E-state index contributed by atoms with van der Waals surface area (Å²) in [5.74, 6) is -0.0794. The third kappa shape index (κ3) is 4.95. The summed E-state index contributed by atoms with van der Waals surface area (Å²) in [6.07, 6.45) is 3.58. The lowest BCUT2D eigenvalue weighted by Gasteiger charge is -2.02. The summed E-state index contributed by atoms with van der Waals surface area (Å²) in [6.45, 7) is 0. The molecule has 0 saturated heterocycles. The van der Waals surface area contributed by atoms with Crippen molar-refractivity contribution in [2.24, 2.45) is 0 Å². The van der Waals surface area contributed by atoms with Gasteiger partial charge in [-0.3, -0.25) is 10.1 Å². The van der Waals surface area contributed by atoms with E-state index in [2.05, 4.69) is 15.5 Å². The second-order valence-electron chi connectivity index (χ2n) is 5.78. The zero-order valence-electron chi connectivity index (χ0n) is 14.7. The van der Waals surface area contributed by atoms with Crippen molar-refractivity contribution in [2.45, 2.75) is 16.2 Å². The summed E-state index contributed by atoms with van der Waals surface area (Å²) in [5, 5.41) is 10.3. The Morgan fingerprint density at radius 2 is 1.74 bits per heavy atom. The van der Waals surface area contributed by atoms with Gasteiger partial charge in [0.1, 0.15) is 0 Å². The Balaban J connectivity index is 1.65. The summed E-state index contributed by atoms with van der Waals surface area (Å²) in [4.78, 5) is 13.5. The van der Waals surface area contributed by atoms with Crippen LogP contribution >= 0.6 is 11.8 Å². The first-order valence-electron chi connectivity index (χ1n) is 7.92. The molecule has 3 aromatic rings. The van der Waals surface area contributed by atoms with Crippen molar-refractivity contribution >= 4 is 33.5 Å². The molecule has 0 atom stereocenters. The first-order valence-corrected chi connectivity index (χ1v) is 11.0. The van der Waals surface area contributed by atoms with Crippen LogP contribution in [0.15, 0.2) is 62.7 Å². The van der Waals surface area contributed by atoms with E-state index in [1.807, 2.05) is 30.5 Å². The van der Waals surface area contributed by atoms with E-state index in [1.165, 1.54) is 29.2 Å². The number of amides is 1. The fraction of sp³-hybridized carbons (Fsp3) is 0.167. The van der Waals surface area contributed by atoms with Gasteiger partial charge in [0.2, 0.25) is 5.89 Å². The predicted octanol–water partition coefficient (Wildman–Crippen LogP) is 3.04. The smallest absolute Gasteiger partial charge is 0.322 e. The molecule has 140 valence electrons. The van der Waals surface area contributed by atoms with Gasteiger partial charge in [0.15, 0.2) is 9.84 Å². The SMILES string of the molecule is CSc1ccc(Cc2nnc(NC(=O)c3ccc(S(C)(=O)=O)cc3)o2)cc1. The number of nitrogens with one attached hydrogen (secondary N) is 1. The van der Waals surface area contributed by atoms with E-state index < -0.39 is 15.7 Å². The number of hydrogen-bond donors (Lipinski definition) is 1. The van der Waals surface area contributed by atoms with E-state index in [0.29, 0.717) is 12.3 Å². The highest BCUT2D eigenvalue weighted by Gasteiger charge is 2.13. The molecule has 1 aromatic heterocycles. The standard InChI is InChI=1S/C18H17N3O4S2/c1-26-14-7-3-12(4-8-14)11-16-20-21-18(25-16)19-17(22)13-5-9-15(10-6-13)27(2,23)24/h3-10H,11H2,1-2H3,(H,19,21,22).